The van der Waals surface area contributed by atoms with E-state index in [-0.39, 0.29) is 0 Å². The van der Waals surface area contributed by atoms with Gasteiger partial charge in [-0.05, 0) is 44.1 Å². The van der Waals surface area contributed by atoms with Crippen LogP contribution < -0.4 is 4.74 Å². The third-order valence-electron chi connectivity index (χ3n) is 4.71. The summed E-state index contributed by atoms with van der Waals surface area (Å²) in [6, 6.07) is 6.55. The van der Waals surface area contributed by atoms with Crippen LogP contribution >= 0.6 is 15.9 Å². The van der Waals surface area contributed by atoms with Crippen LogP contribution in [0.1, 0.15) is 62.4 Å². The fourth-order valence-electron chi connectivity index (χ4n) is 3.45. The number of hydrogen-bond acceptors (Lipinski definition) is 1. The molecular weight excluding hydrogens is 312 g/mol. The Bertz CT molecular complexity index is 453. The monoisotopic (exact) mass is 338 g/mol. The molecule has 0 N–H and O–H groups in total. The minimum absolute atomic E-state index is 0.388. The minimum Gasteiger partial charge on any atom is -0.494 e. The summed E-state index contributed by atoms with van der Waals surface area (Å²) in [5.41, 5.74) is 3.04. The van der Waals surface area contributed by atoms with Crippen LogP contribution in [-0.4, -0.2) is 6.61 Å². The van der Waals surface area contributed by atoms with Crippen molar-refractivity contribution in [1.82, 2.24) is 0 Å². The Hall–Kier alpha value is -0.500. The van der Waals surface area contributed by atoms with Crippen molar-refractivity contribution in [3.05, 3.63) is 29.3 Å². The normalized spacial score (nSPS) is 23.4. The number of halogens is 1. The molecule has 0 saturated heterocycles. The molecule has 1 nitrogen and oxygen atoms in total. The van der Waals surface area contributed by atoms with Gasteiger partial charge in [0.05, 0.1) is 6.61 Å². The molecule has 0 radical (unpaired) electrons. The van der Waals surface area contributed by atoms with Gasteiger partial charge in [0.25, 0.3) is 0 Å². The van der Waals surface area contributed by atoms with Crippen molar-refractivity contribution in [1.29, 1.82) is 0 Å². The van der Waals surface area contributed by atoms with Gasteiger partial charge in [0, 0.05) is 10.4 Å². The van der Waals surface area contributed by atoms with E-state index < -0.39 is 0 Å². The second-order valence-corrected chi connectivity index (χ2v) is 7.70. The van der Waals surface area contributed by atoms with Gasteiger partial charge in [-0.2, -0.15) is 0 Å². The summed E-state index contributed by atoms with van der Waals surface area (Å²) in [6.07, 6.45) is 5.36. The summed E-state index contributed by atoms with van der Waals surface area (Å²) in [7, 11) is 0. The molecule has 0 aliphatic heterocycles. The Labute approximate surface area is 132 Å². The number of rotatable bonds is 4. The first kappa shape index (κ1) is 15.9. The molecule has 2 unspecified atom stereocenters. The van der Waals surface area contributed by atoms with Gasteiger partial charge in [-0.15, -0.1) is 0 Å². The lowest BCUT2D eigenvalue weighted by Crippen LogP contribution is -2.30. The maximum Gasteiger partial charge on any atom is 0.123 e. The van der Waals surface area contributed by atoms with Crippen molar-refractivity contribution in [2.24, 2.45) is 11.3 Å². The fraction of sp³-hybridized carbons (Fsp3) is 0.667. The van der Waals surface area contributed by atoms with E-state index in [1.165, 1.54) is 36.8 Å². The summed E-state index contributed by atoms with van der Waals surface area (Å²) in [5.74, 6) is 1.72. The molecule has 2 atom stereocenters. The van der Waals surface area contributed by atoms with E-state index in [4.69, 9.17) is 4.74 Å². The molecule has 0 bridgehead atoms. The highest BCUT2D eigenvalue weighted by molar-refractivity contribution is 9.09. The molecule has 0 amide bonds. The van der Waals surface area contributed by atoms with Crippen LogP contribution in [0.5, 0.6) is 5.75 Å². The van der Waals surface area contributed by atoms with Gasteiger partial charge in [0.15, 0.2) is 0 Å². The van der Waals surface area contributed by atoms with Crippen LogP contribution in [0, 0.1) is 18.3 Å². The molecule has 1 aliphatic carbocycles. The van der Waals surface area contributed by atoms with Crippen LogP contribution in [0.2, 0.25) is 0 Å². The Balaban J connectivity index is 2.31. The largest absolute Gasteiger partial charge is 0.494 e. The van der Waals surface area contributed by atoms with E-state index in [0.29, 0.717) is 16.2 Å². The average Bonchev–Trinajstić information content (AvgIpc) is 2.40. The third kappa shape index (κ3) is 3.39. The van der Waals surface area contributed by atoms with E-state index in [1.54, 1.807) is 0 Å². The summed E-state index contributed by atoms with van der Waals surface area (Å²) in [6.45, 7) is 9.77. The van der Waals surface area contributed by atoms with Gasteiger partial charge in [-0.25, -0.2) is 0 Å². The Morgan fingerprint density at radius 3 is 2.75 bits per heavy atom. The van der Waals surface area contributed by atoms with Crippen LogP contribution in [0.15, 0.2) is 18.2 Å². The van der Waals surface area contributed by atoms with Gasteiger partial charge < -0.3 is 4.74 Å². The number of hydrogen-bond donors (Lipinski definition) is 0. The molecule has 2 rings (SSSR count). The molecule has 0 aromatic heterocycles. The Morgan fingerprint density at radius 2 is 2.10 bits per heavy atom. The lowest BCUT2D eigenvalue weighted by atomic mass is 9.66. The maximum absolute atomic E-state index is 5.84. The quantitative estimate of drug-likeness (QED) is 0.607. The topological polar surface area (TPSA) is 9.23 Å². The zero-order valence-electron chi connectivity index (χ0n) is 13.2. The predicted molar refractivity (Wildman–Crippen MR) is 89.8 cm³/mol. The zero-order chi connectivity index (χ0) is 14.8. The van der Waals surface area contributed by atoms with Crippen molar-refractivity contribution in [2.75, 3.05) is 6.61 Å². The number of ether oxygens (including phenoxy) is 1. The van der Waals surface area contributed by atoms with Crippen molar-refractivity contribution < 1.29 is 4.74 Å². The molecule has 1 fully saturated rings. The summed E-state index contributed by atoms with van der Waals surface area (Å²) < 4.78 is 5.84. The van der Waals surface area contributed by atoms with E-state index in [2.05, 4.69) is 61.8 Å². The van der Waals surface area contributed by atoms with Crippen LogP contribution in [0.4, 0.5) is 0 Å². The maximum atomic E-state index is 5.84. The number of alkyl halides is 1. The van der Waals surface area contributed by atoms with Gasteiger partial charge in [0.2, 0.25) is 0 Å². The van der Waals surface area contributed by atoms with E-state index >= 15 is 0 Å². The third-order valence-corrected chi connectivity index (χ3v) is 5.84. The summed E-state index contributed by atoms with van der Waals surface area (Å²) in [5, 5.41) is 0. The second kappa shape index (κ2) is 6.51. The Morgan fingerprint density at radius 1 is 1.35 bits per heavy atom. The second-order valence-electron chi connectivity index (χ2n) is 6.72. The molecule has 2 heteroatoms. The summed E-state index contributed by atoms with van der Waals surface area (Å²) >= 11 is 4.00. The van der Waals surface area contributed by atoms with Crippen molar-refractivity contribution in [3.8, 4) is 5.75 Å². The molecule has 1 aromatic rings. The van der Waals surface area contributed by atoms with Gasteiger partial charge in [-0.1, -0.05) is 60.3 Å². The van der Waals surface area contributed by atoms with Crippen molar-refractivity contribution in [2.45, 2.75) is 58.2 Å². The van der Waals surface area contributed by atoms with Crippen LogP contribution in [0.25, 0.3) is 0 Å². The van der Waals surface area contributed by atoms with E-state index in [1.807, 2.05) is 0 Å². The Kier molecular flexibility index (Phi) is 5.17. The van der Waals surface area contributed by atoms with Gasteiger partial charge in [-0.3, -0.25) is 0 Å². The zero-order valence-corrected chi connectivity index (χ0v) is 14.8. The highest BCUT2D eigenvalue weighted by Gasteiger charge is 2.38. The SMILES string of the molecule is CCOc1ccc(C)cc1C(Br)C1CCCCC1(C)C. The molecule has 0 heterocycles. The first-order valence-corrected chi connectivity index (χ1v) is 8.74. The summed E-state index contributed by atoms with van der Waals surface area (Å²) in [4.78, 5) is 0.388. The molecule has 1 aromatic carbocycles. The molecular formula is C18H27BrO. The van der Waals surface area contributed by atoms with Crippen molar-refractivity contribution >= 4 is 15.9 Å². The van der Waals surface area contributed by atoms with Gasteiger partial charge >= 0.3 is 0 Å². The number of benzene rings is 1. The van der Waals surface area contributed by atoms with Crippen LogP contribution in [0.3, 0.4) is 0 Å². The molecule has 1 saturated carbocycles. The first-order valence-electron chi connectivity index (χ1n) is 7.83. The van der Waals surface area contributed by atoms with Crippen molar-refractivity contribution in [3.63, 3.8) is 0 Å². The standard InChI is InChI=1S/C18H27BrO/c1-5-20-16-10-9-13(2)12-14(16)17(19)15-8-6-7-11-18(15,3)4/h9-10,12,15,17H,5-8,11H2,1-4H3. The molecule has 112 valence electrons. The first-order chi connectivity index (χ1) is 9.45. The molecule has 0 spiro atoms. The van der Waals surface area contributed by atoms with E-state index in [9.17, 15) is 0 Å². The molecule has 1 aliphatic rings. The highest BCUT2D eigenvalue weighted by Crippen LogP contribution is 2.51. The average molecular weight is 339 g/mol. The van der Waals surface area contributed by atoms with E-state index in [0.717, 1.165) is 12.4 Å². The number of aryl methyl sites for hydroxylation is 1. The van der Waals surface area contributed by atoms with Crippen LogP contribution in [-0.2, 0) is 0 Å². The predicted octanol–water partition coefficient (Wildman–Crippen LogP) is 6.05. The smallest absolute Gasteiger partial charge is 0.123 e. The van der Waals surface area contributed by atoms with Gasteiger partial charge in [0.1, 0.15) is 5.75 Å². The lowest BCUT2D eigenvalue weighted by molar-refractivity contribution is 0.135. The fourth-order valence-corrected chi connectivity index (χ4v) is 4.79. The minimum atomic E-state index is 0.388. The molecule has 20 heavy (non-hydrogen) atoms. The lowest BCUT2D eigenvalue weighted by Gasteiger charge is -2.42. The highest BCUT2D eigenvalue weighted by atomic mass is 79.9.